The molecule has 6 nitrogen and oxygen atoms in total. The molecule has 0 radical (unpaired) electrons. The molecular weight excluding hydrogens is 555 g/mol. The van der Waals surface area contributed by atoms with Gasteiger partial charge in [-0.3, -0.25) is 14.2 Å². The van der Waals surface area contributed by atoms with E-state index < -0.39 is 5.41 Å². The van der Waals surface area contributed by atoms with E-state index in [4.69, 9.17) is 22.0 Å². The molecule has 0 saturated carbocycles. The third-order valence-corrected chi connectivity index (χ3v) is 4.77. The topological polar surface area (TPSA) is 63.8 Å². The van der Waals surface area contributed by atoms with Crippen molar-refractivity contribution in [3.63, 3.8) is 0 Å². The minimum absolute atomic E-state index is 0. The Hall–Kier alpha value is -3.47. The Kier molecular flexibility index (Phi) is 6.01. The van der Waals surface area contributed by atoms with Gasteiger partial charge in [0.1, 0.15) is 0 Å². The number of nitriles is 1. The zero-order chi connectivity index (χ0) is 20.4. The summed E-state index contributed by atoms with van der Waals surface area (Å²) in [6.07, 6.45) is 3.71. The van der Waals surface area contributed by atoms with Crippen LogP contribution in [-0.2, 0) is 26.5 Å². The summed E-state index contributed by atoms with van der Waals surface area (Å²) in [4.78, 5) is 3.46. The maximum absolute atomic E-state index is 9.10. The summed E-state index contributed by atoms with van der Waals surface area (Å²) < 4.78 is 3.43. The fourth-order valence-electron chi connectivity index (χ4n) is 3.01. The molecule has 0 aliphatic heterocycles. The van der Waals surface area contributed by atoms with Crippen molar-refractivity contribution in [1.29, 1.82) is 5.26 Å². The van der Waals surface area contributed by atoms with Crippen LogP contribution in [0.4, 0.5) is 5.69 Å². The van der Waals surface area contributed by atoms with Gasteiger partial charge in [0.25, 0.3) is 0 Å². The van der Waals surface area contributed by atoms with E-state index in [9.17, 15) is 0 Å². The van der Waals surface area contributed by atoms with Gasteiger partial charge in [0.2, 0.25) is 0 Å². The van der Waals surface area contributed by atoms with Crippen LogP contribution in [0.15, 0.2) is 60.9 Å². The summed E-state index contributed by atoms with van der Waals surface area (Å²) >= 11 is 0. The largest absolute Gasteiger partial charge is 2.00 e. The Morgan fingerprint density at radius 3 is 2.10 bits per heavy atom. The molecule has 4 rings (SSSR count). The zero-order valence-electron chi connectivity index (χ0n) is 16.3. The summed E-state index contributed by atoms with van der Waals surface area (Å²) in [5.41, 5.74) is 3.78. The normalized spacial score (nSPS) is 10.7. The molecule has 0 bridgehead atoms. The molecular formula is C23H16N6Pt. The predicted molar refractivity (Wildman–Crippen MR) is 108 cm³/mol. The summed E-state index contributed by atoms with van der Waals surface area (Å²) in [5, 5.41) is 18.5. The second kappa shape index (κ2) is 8.49. The molecule has 0 aliphatic rings. The van der Waals surface area contributed by atoms with Crippen molar-refractivity contribution in [2.75, 3.05) is 0 Å². The van der Waals surface area contributed by atoms with E-state index in [1.54, 1.807) is 45.8 Å². The molecule has 4 aromatic rings. The number of rotatable bonds is 4. The second-order valence-corrected chi connectivity index (χ2v) is 7.03. The molecule has 2 aromatic heterocycles. The molecule has 2 aromatic carbocycles. The standard InChI is InChI=1S/C23H16N6.Pt/c1-23(2,21-10-12-28(26-21)19-8-4-6-17(14-19)16-24)22-11-13-29(27-22)20-9-5-7-18(15-20)25-3;/h4-7,10-15H,1-2H3;/q-2;+2. The van der Waals surface area contributed by atoms with Crippen LogP contribution < -0.4 is 0 Å². The third-order valence-electron chi connectivity index (χ3n) is 4.77. The van der Waals surface area contributed by atoms with Crippen LogP contribution in [0.1, 0.15) is 30.8 Å². The first-order valence-corrected chi connectivity index (χ1v) is 8.95. The number of hydrogen-bond acceptors (Lipinski definition) is 3. The van der Waals surface area contributed by atoms with Gasteiger partial charge >= 0.3 is 21.1 Å². The van der Waals surface area contributed by atoms with Gasteiger partial charge in [-0.1, -0.05) is 11.3 Å². The predicted octanol–water partition coefficient (Wildman–Crippen LogP) is 4.40. The van der Waals surface area contributed by atoms with Gasteiger partial charge in [-0.2, -0.15) is 51.9 Å². The summed E-state index contributed by atoms with van der Waals surface area (Å²) in [7, 11) is 0. The first kappa shape index (κ1) is 21.2. The Morgan fingerprint density at radius 1 is 0.967 bits per heavy atom. The summed E-state index contributed by atoms with van der Waals surface area (Å²) in [6, 6.07) is 22.6. The van der Waals surface area contributed by atoms with Crippen molar-refractivity contribution in [3.8, 4) is 17.4 Å². The maximum Gasteiger partial charge on any atom is 2.00 e. The Labute approximate surface area is 189 Å². The van der Waals surface area contributed by atoms with E-state index in [-0.39, 0.29) is 21.1 Å². The molecule has 30 heavy (non-hydrogen) atoms. The van der Waals surface area contributed by atoms with Crippen LogP contribution >= 0.6 is 0 Å². The molecule has 0 amide bonds. The van der Waals surface area contributed by atoms with Crippen LogP contribution in [-0.4, -0.2) is 19.6 Å². The minimum Gasteiger partial charge on any atom is -0.267 e. The van der Waals surface area contributed by atoms with Gasteiger partial charge in [-0.25, -0.2) is 0 Å². The van der Waals surface area contributed by atoms with Crippen LogP contribution in [0.3, 0.4) is 0 Å². The summed E-state index contributed by atoms with van der Waals surface area (Å²) in [5.74, 6) is 0. The van der Waals surface area contributed by atoms with Crippen molar-refractivity contribution in [1.82, 2.24) is 19.6 Å². The van der Waals surface area contributed by atoms with Crippen molar-refractivity contribution >= 4 is 5.69 Å². The molecule has 0 fully saturated rings. The van der Waals surface area contributed by atoms with Crippen LogP contribution in [0.2, 0.25) is 0 Å². The molecule has 2 heterocycles. The minimum atomic E-state index is -0.444. The average molecular weight is 572 g/mol. The molecule has 0 atom stereocenters. The van der Waals surface area contributed by atoms with Crippen molar-refractivity contribution in [2.45, 2.75) is 19.3 Å². The molecule has 0 saturated heterocycles. The second-order valence-electron chi connectivity index (χ2n) is 7.03. The average Bonchev–Trinajstić information content (AvgIpc) is 3.44. The molecule has 0 spiro atoms. The molecule has 0 unspecified atom stereocenters. The monoisotopic (exact) mass is 571 g/mol. The molecule has 7 heteroatoms. The van der Waals surface area contributed by atoms with Crippen molar-refractivity contribution in [2.24, 2.45) is 0 Å². The number of hydrogen-bond donors (Lipinski definition) is 0. The van der Waals surface area contributed by atoms with E-state index in [2.05, 4.69) is 36.9 Å². The fourth-order valence-corrected chi connectivity index (χ4v) is 3.01. The van der Waals surface area contributed by atoms with Gasteiger partial charge in [0, 0.05) is 12.4 Å². The number of benzene rings is 2. The van der Waals surface area contributed by atoms with Gasteiger partial charge in [0.15, 0.2) is 0 Å². The van der Waals surface area contributed by atoms with Crippen molar-refractivity contribution in [3.05, 3.63) is 101 Å². The zero-order valence-corrected chi connectivity index (χ0v) is 18.5. The molecule has 0 aliphatic carbocycles. The van der Waals surface area contributed by atoms with Gasteiger partial charge in [-0.15, -0.1) is 12.1 Å². The fraction of sp³-hybridized carbons (Fsp3) is 0.130. The Morgan fingerprint density at radius 2 is 1.53 bits per heavy atom. The van der Waals surface area contributed by atoms with Crippen LogP contribution in [0.25, 0.3) is 16.2 Å². The van der Waals surface area contributed by atoms with Gasteiger partial charge < -0.3 is 0 Å². The van der Waals surface area contributed by atoms with E-state index in [0.29, 0.717) is 22.6 Å². The van der Waals surface area contributed by atoms with Gasteiger partial charge in [0.05, 0.1) is 35.1 Å². The summed E-state index contributed by atoms with van der Waals surface area (Å²) in [6.45, 7) is 11.3. The quantitative estimate of drug-likeness (QED) is 0.341. The molecule has 0 N–H and O–H groups in total. The first-order valence-electron chi connectivity index (χ1n) is 8.95. The van der Waals surface area contributed by atoms with Crippen LogP contribution in [0.5, 0.6) is 0 Å². The maximum atomic E-state index is 9.10. The first-order chi connectivity index (χ1) is 14.0. The Bertz CT molecular complexity index is 1170. The van der Waals surface area contributed by atoms with E-state index in [0.717, 1.165) is 11.4 Å². The SMILES string of the molecule is [C-]#[N+]c1cc[c-]c(-n2ccc(C(C)(C)c3ccn(-c4[c-]ccc(C#N)c4)n3)n2)c1.[Pt+2]. The van der Waals surface area contributed by atoms with E-state index in [1.165, 1.54) is 0 Å². The van der Waals surface area contributed by atoms with E-state index >= 15 is 0 Å². The molecule has 148 valence electrons. The number of aromatic nitrogens is 4. The van der Waals surface area contributed by atoms with E-state index in [1.807, 2.05) is 24.5 Å². The van der Waals surface area contributed by atoms with Gasteiger partial charge in [-0.05, 0) is 31.7 Å². The van der Waals surface area contributed by atoms with Crippen LogP contribution in [0, 0.1) is 30.0 Å². The Balaban J connectivity index is 0.00000256. The van der Waals surface area contributed by atoms with Crippen molar-refractivity contribution < 1.29 is 21.1 Å². The smallest absolute Gasteiger partial charge is 0.267 e. The number of nitrogens with zero attached hydrogens (tertiary/aromatic N) is 6. The third kappa shape index (κ3) is 3.96.